The number of hydrogen-bond donors (Lipinski definition) is 0. The van der Waals surface area contributed by atoms with E-state index in [2.05, 4.69) is 174 Å². The first-order valence-corrected chi connectivity index (χ1v) is 18.7. The Bertz CT molecular complexity index is 3000. The fourth-order valence-electron chi connectivity index (χ4n) is 9.11. The number of anilines is 5. The lowest BCUT2D eigenvalue weighted by Gasteiger charge is -2.47. The van der Waals surface area contributed by atoms with Gasteiger partial charge in [-0.15, -0.1) is 11.3 Å². The summed E-state index contributed by atoms with van der Waals surface area (Å²) in [4.78, 5) is 5.11. The molecule has 0 saturated carbocycles. The van der Waals surface area contributed by atoms with Crippen LogP contribution in [0, 0.1) is 6.92 Å². The van der Waals surface area contributed by atoms with E-state index in [0.717, 1.165) is 22.9 Å². The summed E-state index contributed by atoms with van der Waals surface area (Å²) in [5.74, 6) is 1.75. The first kappa shape index (κ1) is 28.4. The Hall–Kier alpha value is -6.30. The second-order valence-electron chi connectivity index (χ2n) is 14.1. The molecule has 0 bridgehead atoms. The Morgan fingerprint density at radius 3 is 2.27 bits per heavy atom. The van der Waals surface area contributed by atoms with Crippen LogP contribution in [0.4, 0.5) is 28.4 Å². The maximum absolute atomic E-state index is 6.73. The van der Waals surface area contributed by atoms with Gasteiger partial charge in [-0.05, 0) is 100 Å². The zero-order chi connectivity index (χ0) is 34.1. The quantitative estimate of drug-likeness (QED) is 0.169. The van der Waals surface area contributed by atoms with E-state index >= 15 is 0 Å². The van der Waals surface area contributed by atoms with Crippen molar-refractivity contribution in [3.8, 4) is 33.8 Å². The summed E-state index contributed by atoms with van der Waals surface area (Å²) in [7, 11) is 0. The highest BCUT2D eigenvalue weighted by Gasteiger charge is 2.48. The molecule has 9 aromatic rings. The molecular weight excluding hydrogens is 651 g/mol. The molecule has 3 aliphatic rings. The van der Waals surface area contributed by atoms with Gasteiger partial charge >= 0.3 is 6.85 Å². The van der Waals surface area contributed by atoms with Crippen molar-refractivity contribution in [1.29, 1.82) is 0 Å². The number of benzene rings is 8. The summed E-state index contributed by atoms with van der Waals surface area (Å²) in [5.41, 5.74) is 14.6. The topological polar surface area (TPSA) is 15.7 Å². The van der Waals surface area contributed by atoms with Gasteiger partial charge in [-0.2, -0.15) is 0 Å². The molecule has 0 saturated heterocycles. The Morgan fingerprint density at radius 2 is 1.33 bits per heavy atom. The molecule has 52 heavy (non-hydrogen) atoms. The second-order valence-corrected chi connectivity index (χ2v) is 15.2. The fraction of sp³-hybridized carbons (Fsp3) is 0.0213. The van der Waals surface area contributed by atoms with E-state index in [4.69, 9.17) is 4.74 Å². The second kappa shape index (κ2) is 10.4. The average Bonchev–Trinajstić information content (AvgIpc) is 3.57. The van der Waals surface area contributed by atoms with E-state index in [1.165, 1.54) is 86.7 Å². The van der Waals surface area contributed by atoms with Crippen LogP contribution in [0.15, 0.2) is 158 Å². The van der Waals surface area contributed by atoms with Crippen LogP contribution in [-0.4, -0.2) is 6.85 Å². The maximum atomic E-state index is 6.73. The van der Waals surface area contributed by atoms with E-state index in [0.29, 0.717) is 0 Å². The van der Waals surface area contributed by atoms with Crippen molar-refractivity contribution in [2.24, 2.45) is 0 Å². The van der Waals surface area contributed by atoms with Crippen molar-refractivity contribution in [3.63, 3.8) is 0 Å². The predicted molar refractivity (Wildman–Crippen MR) is 221 cm³/mol. The normalized spacial score (nSPS) is 13.5. The van der Waals surface area contributed by atoms with Crippen LogP contribution < -0.4 is 25.4 Å². The number of ether oxygens (including phenoxy) is 1. The summed E-state index contributed by atoms with van der Waals surface area (Å²) in [5, 5.41) is 5.08. The van der Waals surface area contributed by atoms with Gasteiger partial charge in [0.05, 0.1) is 11.4 Å². The van der Waals surface area contributed by atoms with Crippen LogP contribution in [0.5, 0.6) is 11.5 Å². The summed E-state index contributed by atoms with van der Waals surface area (Å²) in [6.45, 7) is 2.12. The van der Waals surface area contributed by atoms with E-state index < -0.39 is 0 Å². The maximum Gasteiger partial charge on any atom is 0.333 e. The lowest BCUT2D eigenvalue weighted by atomic mass is 9.43. The van der Waals surface area contributed by atoms with E-state index in [9.17, 15) is 0 Å². The van der Waals surface area contributed by atoms with Gasteiger partial charge in [-0.25, -0.2) is 0 Å². The smallest absolute Gasteiger partial charge is 0.333 e. The minimum Gasteiger partial charge on any atom is -0.453 e. The summed E-state index contributed by atoms with van der Waals surface area (Å²) in [6, 6.07) is 58.1. The van der Waals surface area contributed by atoms with Gasteiger partial charge < -0.3 is 14.4 Å². The molecule has 5 heteroatoms. The molecule has 0 spiro atoms. The van der Waals surface area contributed by atoms with E-state index in [1.807, 2.05) is 11.3 Å². The van der Waals surface area contributed by atoms with E-state index in [1.54, 1.807) is 0 Å². The highest BCUT2D eigenvalue weighted by atomic mass is 32.1. The van der Waals surface area contributed by atoms with Crippen molar-refractivity contribution in [2.75, 3.05) is 9.71 Å². The zero-order valence-corrected chi connectivity index (χ0v) is 29.1. The molecular formula is C47H29BN2OS. The molecule has 242 valence electrons. The fourth-order valence-corrected chi connectivity index (χ4v) is 10.2. The van der Waals surface area contributed by atoms with Gasteiger partial charge in [-0.3, -0.25) is 0 Å². The Kier molecular flexibility index (Phi) is 5.67. The third-order valence-corrected chi connectivity index (χ3v) is 12.5. The largest absolute Gasteiger partial charge is 0.453 e. The minimum atomic E-state index is -0.100. The molecule has 0 unspecified atom stereocenters. The molecule has 0 N–H and O–H groups in total. The predicted octanol–water partition coefficient (Wildman–Crippen LogP) is 12.0. The van der Waals surface area contributed by atoms with Crippen molar-refractivity contribution in [1.82, 2.24) is 0 Å². The van der Waals surface area contributed by atoms with Crippen molar-refractivity contribution in [3.05, 3.63) is 163 Å². The van der Waals surface area contributed by atoms with Gasteiger partial charge in [0, 0.05) is 48.2 Å². The highest BCUT2D eigenvalue weighted by molar-refractivity contribution is 7.25. The zero-order valence-electron chi connectivity index (χ0n) is 28.3. The van der Waals surface area contributed by atoms with Crippen LogP contribution in [0.1, 0.15) is 5.56 Å². The molecule has 0 atom stereocenters. The standard InChI is InChI=1S/C47H29BN2OS/c1-28-11-2-4-13-32(28)30-25-37-35-23-21-29-12-3-5-14-33(29)46(35)50(31-22-24-44-36(27-31)34-15-6-9-20-43(34)52-44)48-38-16-10-19-42-47(38)49(40(26-30)45(37)48)39-17-7-8-18-41(39)51-42/h2-27H,1H3. The van der Waals surface area contributed by atoms with Gasteiger partial charge in [0.15, 0.2) is 11.5 Å². The Balaban J connectivity index is 1.24. The number of thiophene rings is 1. The Morgan fingerprint density at radius 1 is 0.538 bits per heavy atom. The Labute approximate surface area is 305 Å². The van der Waals surface area contributed by atoms with Crippen LogP contribution in [0.2, 0.25) is 0 Å². The molecule has 1 aromatic heterocycles. The van der Waals surface area contributed by atoms with E-state index in [-0.39, 0.29) is 6.85 Å². The molecule has 0 amide bonds. The van der Waals surface area contributed by atoms with Crippen LogP contribution in [0.25, 0.3) is 53.2 Å². The lowest BCUT2D eigenvalue weighted by Crippen LogP contribution is -2.61. The number of fused-ring (bicyclic) bond motifs is 11. The lowest BCUT2D eigenvalue weighted by molar-refractivity contribution is 0.477. The molecule has 0 aliphatic carbocycles. The van der Waals surface area contributed by atoms with Gasteiger partial charge in [0.2, 0.25) is 0 Å². The molecule has 8 aromatic carbocycles. The molecule has 3 aliphatic heterocycles. The summed E-state index contributed by atoms with van der Waals surface area (Å²) >= 11 is 1.87. The number of aryl methyl sites for hydroxylation is 1. The van der Waals surface area contributed by atoms with Crippen molar-refractivity contribution in [2.45, 2.75) is 6.92 Å². The van der Waals surface area contributed by atoms with Crippen LogP contribution in [0.3, 0.4) is 0 Å². The molecule has 0 fully saturated rings. The number of para-hydroxylation sites is 3. The molecule has 4 heterocycles. The molecule has 3 nitrogen and oxygen atoms in total. The molecule has 12 rings (SSSR count). The number of hydrogen-bond acceptors (Lipinski definition) is 4. The SMILES string of the molecule is Cc1ccccc1-c1cc2c3c(c1)N1c4ccccc4Oc4cccc(c41)B3N(c1ccc3sc4ccccc4c3c1)c1c-2ccc2ccccc12. The number of nitrogens with zero attached hydrogens (tertiary/aromatic N) is 2. The third kappa shape index (κ3) is 3.75. The first-order valence-electron chi connectivity index (χ1n) is 17.9. The van der Waals surface area contributed by atoms with Gasteiger partial charge in [0.25, 0.3) is 0 Å². The average molecular weight is 681 g/mol. The molecule has 0 radical (unpaired) electrons. The first-order chi connectivity index (χ1) is 25.7. The van der Waals surface area contributed by atoms with Crippen molar-refractivity contribution >= 4 is 88.5 Å². The van der Waals surface area contributed by atoms with Gasteiger partial charge in [-0.1, -0.05) is 103 Å². The number of rotatable bonds is 2. The summed E-state index contributed by atoms with van der Waals surface area (Å²) in [6.07, 6.45) is 0. The van der Waals surface area contributed by atoms with Crippen LogP contribution in [-0.2, 0) is 0 Å². The summed E-state index contributed by atoms with van der Waals surface area (Å²) < 4.78 is 9.35. The third-order valence-electron chi connectivity index (χ3n) is 11.3. The monoisotopic (exact) mass is 680 g/mol. The minimum absolute atomic E-state index is 0.100. The van der Waals surface area contributed by atoms with Crippen molar-refractivity contribution < 1.29 is 4.74 Å². The highest BCUT2D eigenvalue weighted by Crippen LogP contribution is 2.55. The van der Waals surface area contributed by atoms with Gasteiger partial charge in [0.1, 0.15) is 0 Å². The van der Waals surface area contributed by atoms with Crippen LogP contribution >= 0.6 is 11.3 Å².